The van der Waals surface area contributed by atoms with Gasteiger partial charge in [0.15, 0.2) is 4.80 Å². The number of ether oxygens (including phenoxy) is 2. The van der Waals surface area contributed by atoms with Crippen LogP contribution in [0.1, 0.15) is 55.2 Å². The normalized spacial score (nSPS) is 14.6. The maximum atomic E-state index is 14.2. The summed E-state index contributed by atoms with van der Waals surface area (Å²) in [6.45, 7) is 6.09. The van der Waals surface area contributed by atoms with Crippen molar-refractivity contribution in [3.63, 3.8) is 0 Å². The first-order valence-electron chi connectivity index (χ1n) is 15.0. The zero-order chi connectivity index (χ0) is 33.2. The van der Waals surface area contributed by atoms with E-state index in [-0.39, 0.29) is 34.8 Å². The molecule has 1 aliphatic heterocycles. The van der Waals surface area contributed by atoms with E-state index in [0.717, 1.165) is 22.5 Å². The maximum Gasteiger partial charge on any atom is 0.338 e. The van der Waals surface area contributed by atoms with Crippen molar-refractivity contribution >= 4 is 34.8 Å². The number of hydrogen-bond donors (Lipinski definition) is 0. The smallest absolute Gasteiger partial charge is 0.338 e. The van der Waals surface area contributed by atoms with Gasteiger partial charge in [-0.3, -0.25) is 19.5 Å². The molecule has 47 heavy (non-hydrogen) atoms. The SMILES string of the molecule is CCOC(=O)C1=C(c2ccccc2)N=c2s/c(=C\c3ccc(-c4ccc(OC)cc4[N+](=O)[O-])o3)c(=O)n2[C@@H]1c1ccc(C(C)C)cc1. The van der Waals surface area contributed by atoms with E-state index < -0.39 is 16.9 Å². The summed E-state index contributed by atoms with van der Waals surface area (Å²) in [6, 6.07) is 24.2. The molecule has 1 atom stereocenters. The molecule has 6 rings (SSSR count). The third-order valence-corrected chi connectivity index (χ3v) is 8.84. The lowest BCUT2D eigenvalue weighted by Gasteiger charge is -2.26. The molecule has 0 aliphatic carbocycles. The van der Waals surface area contributed by atoms with Gasteiger partial charge < -0.3 is 13.9 Å². The van der Waals surface area contributed by atoms with Crippen LogP contribution >= 0.6 is 11.3 Å². The third kappa shape index (κ3) is 6.05. The number of nitro groups is 1. The van der Waals surface area contributed by atoms with Crippen LogP contribution in [-0.2, 0) is 9.53 Å². The van der Waals surface area contributed by atoms with E-state index in [2.05, 4.69) is 13.8 Å². The predicted octanol–water partition coefficient (Wildman–Crippen LogP) is 6.24. The molecule has 0 amide bonds. The fourth-order valence-corrected chi connectivity index (χ4v) is 6.50. The molecule has 11 heteroatoms. The van der Waals surface area contributed by atoms with Crippen LogP contribution in [0.5, 0.6) is 5.75 Å². The molecule has 0 radical (unpaired) electrons. The lowest BCUT2D eigenvalue weighted by Crippen LogP contribution is -2.40. The van der Waals surface area contributed by atoms with E-state index in [1.807, 2.05) is 54.6 Å². The molecule has 0 unspecified atom stereocenters. The Kier molecular flexibility index (Phi) is 8.73. The summed E-state index contributed by atoms with van der Waals surface area (Å²) in [6.07, 6.45) is 1.58. The predicted molar refractivity (Wildman–Crippen MR) is 179 cm³/mol. The van der Waals surface area contributed by atoms with Crippen LogP contribution in [0.4, 0.5) is 5.69 Å². The summed E-state index contributed by atoms with van der Waals surface area (Å²) in [7, 11) is 1.43. The number of aromatic nitrogens is 1. The second-order valence-electron chi connectivity index (χ2n) is 11.1. The quantitative estimate of drug-likeness (QED) is 0.105. The van der Waals surface area contributed by atoms with Crippen molar-refractivity contribution in [2.45, 2.75) is 32.7 Å². The molecule has 0 saturated heterocycles. The molecule has 0 saturated carbocycles. The molecular formula is C36H31N3O7S. The lowest BCUT2D eigenvalue weighted by atomic mass is 9.91. The largest absolute Gasteiger partial charge is 0.497 e. The Balaban J connectivity index is 1.54. The van der Waals surface area contributed by atoms with Crippen LogP contribution in [0.15, 0.2) is 105 Å². The highest BCUT2D eigenvalue weighted by Crippen LogP contribution is 2.36. The minimum Gasteiger partial charge on any atom is -0.497 e. The number of fused-ring (bicyclic) bond motifs is 1. The Labute approximate surface area is 273 Å². The Hall–Kier alpha value is -5.55. The average Bonchev–Trinajstić information content (AvgIpc) is 3.67. The average molecular weight is 650 g/mol. The Bertz CT molecular complexity index is 2190. The van der Waals surface area contributed by atoms with Crippen molar-refractivity contribution in [2.75, 3.05) is 13.7 Å². The van der Waals surface area contributed by atoms with E-state index in [0.29, 0.717) is 38.0 Å². The Morgan fingerprint density at radius 2 is 1.83 bits per heavy atom. The van der Waals surface area contributed by atoms with Gasteiger partial charge in [-0.05, 0) is 48.2 Å². The summed E-state index contributed by atoms with van der Waals surface area (Å²) >= 11 is 1.16. The van der Waals surface area contributed by atoms with Gasteiger partial charge in [-0.1, -0.05) is 79.8 Å². The fourth-order valence-electron chi connectivity index (χ4n) is 5.52. The van der Waals surface area contributed by atoms with Gasteiger partial charge in [-0.2, -0.15) is 0 Å². The van der Waals surface area contributed by atoms with Gasteiger partial charge in [-0.25, -0.2) is 9.79 Å². The maximum absolute atomic E-state index is 14.2. The van der Waals surface area contributed by atoms with Crippen molar-refractivity contribution in [1.82, 2.24) is 4.57 Å². The zero-order valence-corrected chi connectivity index (χ0v) is 26.9. The molecule has 1 aliphatic rings. The third-order valence-electron chi connectivity index (χ3n) is 7.86. The highest BCUT2D eigenvalue weighted by atomic mass is 32.1. The fraction of sp³-hybridized carbons (Fsp3) is 0.194. The van der Waals surface area contributed by atoms with Crippen LogP contribution in [0.2, 0.25) is 0 Å². The molecule has 0 spiro atoms. The summed E-state index contributed by atoms with van der Waals surface area (Å²) in [5, 5.41) is 11.8. The number of rotatable bonds is 9. The van der Waals surface area contributed by atoms with Gasteiger partial charge in [0.25, 0.3) is 11.2 Å². The van der Waals surface area contributed by atoms with Gasteiger partial charge in [0.2, 0.25) is 0 Å². The number of nitrogens with zero attached hydrogens (tertiary/aromatic N) is 3. The molecule has 238 valence electrons. The van der Waals surface area contributed by atoms with Crippen molar-refractivity contribution in [3.8, 4) is 17.1 Å². The monoisotopic (exact) mass is 649 g/mol. The molecule has 3 heterocycles. The van der Waals surface area contributed by atoms with Gasteiger partial charge in [0.1, 0.15) is 17.3 Å². The second kappa shape index (κ2) is 13.1. The number of benzene rings is 3. The van der Waals surface area contributed by atoms with Crippen molar-refractivity contribution < 1.29 is 23.6 Å². The van der Waals surface area contributed by atoms with E-state index in [9.17, 15) is 19.7 Å². The van der Waals surface area contributed by atoms with Crippen molar-refractivity contribution in [3.05, 3.63) is 143 Å². The molecule has 3 aromatic carbocycles. The van der Waals surface area contributed by atoms with Crippen molar-refractivity contribution in [1.29, 1.82) is 0 Å². The summed E-state index contributed by atoms with van der Waals surface area (Å²) in [5.41, 5.74) is 3.00. The zero-order valence-electron chi connectivity index (χ0n) is 26.1. The number of methoxy groups -OCH3 is 1. The van der Waals surface area contributed by atoms with Gasteiger partial charge in [0.05, 0.1) is 52.1 Å². The number of hydrogen-bond acceptors (Lipinski definition) is 9. The summed E-state index contributed by atoms with van der Waals surface area (Å²) in [5.74, 6) is 0.667. The van der Waals surface area contributed by atoms with Crippen LogP contribution in [0.25, 0.3) is 23.1 Å². The topological polar surface area (TPSA) is 126 Å². The summed E-state index contributed by atoms with van der Waals surface area (Å²) in [4.78, 5) is 44.4. The Morgan fingerprint density at radius 1 is 1.09 bits per heavy atom. The highest BCUT2D eigenvalue weighted by Gasteiger charge is 2.35. The lowest BCUT2D eigenvalue weighted by molar-refractivity contribution is -0.384. The van der Waals surface area contributed by atoms with E-state index in [4.69, 9.17) is 18.9 Å². The molecule has 2 aromatic heterocycles. The molecule has 0 bridgehead atoms. The van der Waals surface area contributed by atoms with E-state index in [1.165, 1.54) is 17.7 Å². The molecule has 0 N–H and O–H groups in total. The first-order chi connectivity index (χ1) is 22.7. The minimum absolute atomic E-state index is 0.154. The standard InChI is InChI=1S/C36H31N3O7S/c1-5-45-35(41)31-32(23-9-7-6-8-10-23)37-36-38(33(31)24-13-11-22(12-14-24)21(2)3)34(40)30(47-36)20-26-16-18-29(46-26)27-17-15-25(44-4)19-28(27)39(42)43/h6-21,33H,5H2,1-4H3/b30-20-/t33-/m1/s1. The van der Waals surface area contributed by atoms with Gasteiger partial charge in [0, 0.05) is 11.6 Å². The Morgan fingerprint density at radius 3 is 2.49 bits per heavy atom. The minimum atomic E-state index is -0.807. The number of furan rings is 1. The molecule has 10 nitrogen and oxygen atoms in total. The van der Waals surface area contributed by atoms with Crippen LogP contribution in [-0.4, -0.2) is 29.2 Å². The van der Waals surface area contributed by atoms with E-state index >= 15 is 0 Å². The summed E-state index contributed by atoms with van der Waals surface area (Å²) < 4.78 is 18.5. The molecular weight excluding hydrogens is 618 g/mol. The number of nitro benzene ring substituents is 1. The number of thiazole rings is 1. The molecule has 5 aromatic rings. The number of carbonyl (C=O) groups excluding carboxylic acids is 1. The van der Waals surface area contributed by atoms with Crippen molar-refractivity contribution in [2.24, 2.45) is 4.99 Å². The van der Waals surface area contributed by atoms with Crippen LogP contribution in [0.3, 0.4) is 0 Å². The van der Waals surface area contributed by atoms with Crippen LogP contribution in [0, 0.1) is 10.1 Å². The molecule has 0 fully saturated rings. The van der Waals surface area contributed by atoms with Gasteiger partial charge >= 0.3 is 5.97 Å². The highest BCUT2D eigenvalue weighted by molar-refractivity contribution is 7.07. The van der Waals surface area contributed by atoms with Crippen LogP contribution < -0.4 is 19.6 Å². The first-order valence-corrected chi connectivity index (χ1v) is 15.8. The van der Waals surface area contributed by atoms with E-state index in [1.54, 1.807) is 37.3 Å². The number of carbonyl (C=O) groups is 1. The first kappa shape index (κ1) is 31.4. The second-order valence-corrected chi connectivity index (χ2v) is 12.1. The number of esters is 1. The van der Waals surface area contributed by atoms with Gasteiger partial charge in [-0.15, -0.1) is 0 Å².